The summed E-state index contributed by atoms with van der Waals surface area (Å²) in [6, 6.07) is 4.09. The Morgan fingerprint density at radius 1 is 1.54 bits per heavy atom. The van der Waals surface area contributed by atoms with Crippen molar-refractivity contribution in [2.45, 2.75) is 19.9 Å². The molecule has 0 aliphatic heterocycles. The summed E-state index contributed by atoms with van der Waals surface area (Å²) in [5, 5.41) is 3.24. The Morgan fingerprint density at radius 2 is 2.38 bits per heavy atom. The van der Waals surface area contributed by atoms with Crippen LogP contribution < -0.4 is 11.1 Å². The van der Waals surface area contributed by atoms with Crippen LogP contribution in [-0.4, -0.2) is 18.1 Å². The van der Waals surface area contributed by atoms with Crippen LogP contribution in [0.2, 0.25) is 0 Å². The fourth-order valence-corrected chi connectivity index (χ4v) is 1.26. The molecule has 0 amide bonds. The van der Waals surface area contributed by atoms with E-state index in [1.54, 1.807) is 0 Å². The first kappa shape index (κ1) is 10.2. The number of aryl methyl sites for hydroxylation is 1. The number of hydrogen-bond acceptors (Lipinski definition) is 3. The number of pyridine rings is 1. The predicted octanol–water partition coefficient (Wildman–Crippen LogP) is 0.692. The van der Waals surface area contributed by atoms with Crippen molar-refractivity contribution in [3.8, 4) is 0 Å². The van der Waals surface area contributed by atoms with Gasteiger partial charge in [0.15, 0.2) is 0 Å². The van der Waals surface area contributed by atoms with Gasteiger partial charge >= 0.3 is 0 Å². The van der Waals surface area contributed by atoms with Crippen LogP contribution >= 0.6 is 0 Å². The maximum atomic E-state index is 5.38. The number of rotatable bonds is 5. The normalized spacial score (nSPS) is 10.3. The number of nitrogens with one attached hydrogen (secondary N) is 1. The minimum atomic E-state index is 0.675. The van der Waals surface area contributed by atoms with Crippen LogP contribution in [0.15, 0.2) is 18.3 Å². The summed E-state index contributed by atoms with van der Waals surface area (Å²) in [4.78, 5) is 4.32. The molecule has 1 heterocycles. The third-order valence-electron chi connectivity index (χ3n) is 1.98. The topological polar surface area (TPSA) is 50.9 Å². The largest absolute Gasteiger partial charge is 0.329 e. The van der Waals surface area contributed by atoms with Gasteiger partial charge in [-0.2, -0.15) is 0 Å². The van der Waals surface area contributed by atoms with E-state index in [0.717, 1.165) is 25.2 Å². The number of aromatic nitrogens is 1. The van der Waals surface area contributed by atoms with Gasteiger partial charge in [0.1, 0.15) is 0 Å². The fraction of sp³-hybridized carbons (Fsp3) is 0.500. The Labute approximate surface area is 79.4 Å². The zero-order valence-electron chi connectivity index (χ0n) is 8.09. The van der Waals surface area contributed by atoms with Crippen molar-refractivity contribution >= 4 is 0 Å². The minimum absolute atomic E-state index is 0.675. The van der Waals surface area contributed by atoms with Gasteiger partial charge in [0, 0.05) is 25.8 Å². The van der Waals surface area contributed by atoms with Gasteiger partial charge in [-0.3, -0.25) is 4.98 Å². The van der Waals surface area contributed by atoms with E-state index in [2.05, 4.69) is 23.3 Å². The molecule has 1 rings (SSSR count). The van der Waals surface area contributed by atoms with E-state index < -0.39 is 0 Å². The van der Waals surface area contributed by atoms with Crippen LogP contribution in [-0.2, 0) is 13.0 Å². The van der Waals surface area contributed by atoms with E-state index in [4.69, 9.17) is 5.73 Å². The molecule has 0 unspecified atom stereocenters. The lowest BCUT2D eigenvalue weighted by atomic mass is 10.1. The predicted molar refractivity (Wildman–Crippen MR) is 54.4 cm³/mol. The van der Waals surface area contributed by atoms with E-state index in [0.29, 0.717) is 6.54 Å². The molecule has 0 bridgehead atoms. The van der Waals surface area contributed by atoms with Crippen LogP contribution in [0.3, 0.4) is 0 Å². The van der Waals surface area contributed by atoms with E-state index in [1.807, 2.05) is 12.3 Å². The monoisotopic (exact) mass is 179 g/mol. The summed E-state index contributed by atoms with van der Waals surface area (Å²) in [6.45, 7) is 4.48. The molecule has 3 N–H and O–H groups in total. The smallest absolute Gasteiger partial charge is 0.0573 e. The van der Waals surface area contributed by atoms with Gasteiger partial charge in [-0.15, -0.1) is 0 Å². The van der Waals surface area contributed by atoms with E-state index in [9.17, 15) is 0 Å². The van der Waals surface area contributed by atoms with Gasteiger partial charge in [0.05, 0.1) is 5.69 Å². The summed E-state index contributed by atoms with van der Waals surface area (Å²) in [7, 11) is 0. The third-order valence-corrected chi connectivity index (χ3v) is 1.98. The number of hydrogen-bond donors (Lipinski definition) is 2. The second kappa shape index (κ2) is 5.67. The van der Waals surface area contributed by atoms with Crippen LogP contribution in [0, 0.1) is 0 Å². The highest BCUT2D eigenvalue weighted by Crippen LogP contribution is 2.04. The van der Waals surface area contributed by atoms with Crippen molar-refractivity contribution in [2.24, 2.45) is 5.73 Å². The third kappa shape index (κ3) is 3.13. The maximum absolute atomic E-state index is 5.38. The zero-order valence-corrected chi connectivity index (χ0v) is 8.09. The molecule has 0 saturated carbocycles. The summed E-state index contributed by atoms with van der Waals surface area (Å²) in [5.74, 6) is 0. The van der Waals surface area contributed by atoms with Gasteiger partial charge < -0.3 is 11.1 Å². The van der Waals surface area contributed by atoms with Gasteiger partial charge in [0.25, 0.3) is 0 Å². The minimum Gasteiger partial charge on any atom is -0.329 e. The molecule has 72 valence electrons. The highest BCUT2D eigenvalue weighted by Gasteiger charge is 1.99. The quantitative estimate of drug-likeness (QED) is 0.654. The highest BCUT2D eigenvalue weighted by atomic mass is 14.9. The fourth-order valence-electron chi connectivity index (χ4n) is 1.26. The van der Waals surface area contributed by atoms with Crippen molar-refractivity contribution < 1.29 is 0 Å². The van der Waals surface area contributed by atoms with Crippen LogP contribution in [0.25, 0.3) is 0 Å². The lowest BCUT2D eigenvalue weighted by molar-refractivity contribution is 0.676. The molecule has 1 aromatic heterocycles. The van der Waals surface area contributed by atoms with Crippen molar-refractivity contribution in [2.75, 3.05) is 13.1 Å². The highest BCUT2D eigenvalue weighted by molar-refractivity contribution is 5.19. The Morgan fingerprint density at radius 3 is 3.08 bits per heavy atom. The number of nitrogens with two attached hydrogens (primary N) is 1. The Balaban J connectivity index is 2.54. The van der Waals surface area contributed by atoms with E-state index >= 15 is 0 Å². The summed E-state index contributed by atoms with van der Waals surface area (Å²) in [5.41, 5.74) is 7.83. The maximum Gasteiger partial charge on any atom is 0.0573 e. The first-order valence-corrected chi connectivity index (χ1v) is 4.72. The average molecular weight is 179 g/mol. The van der Waals surface area contributed by atoms with E-state index in [1.165, 1.54) is 5.56 Å². The molecule has 0 aromatic carbocycles. The molecule has 0 saturated heterocycles. The number of nitrogens with zero attached hydrogens (tertiary/aromatic N) is 1. The van der Waals surface area contributed by atoms with Gasteiger partial charge in [0.2, 0.25) is 0 Å². The van der Waals surface area contributed by atoms with Gasteiger partial charge in [-0.25, -0.2) is 0 Å². The molecule has 3 heteroatoms. The summed E-state index contributed by atoms with van der Waals surface area (Å²) >= 11 is 0. The molecule has 3 nitrogen and oxygen atoms in total. The lowest BCUT2D eigenvalue weighted by Crippen LogP contribution is -2.22. The second-order valence-electron chi connectivity index (χ2n) is 2.93. The van der Waals surface area contributed by atoms with Crippen molar-refractivity contribution in [3.63, 3.8) is 0 Å². The van der Waals surface area contributed by atoms with Crippen molar-refractivity contribution in [3.05, 3.63) is 29.6 Å². The molecule has 0 fully saturated rings. The molecule has 13 heavy (non-hydrogen) atoms. The average Bonchev–Trinajstić information content (AvgIpc) is 2.19. The molecule has 1 aromatic rings. The van der Waals surface area contributed by atoms with Gasteiger partial charge in [-0.1, -0.05) is 13.0 Å². The first-order chi connectivity index (χ1) is 6.38. The first-order valence-electron chi connectivity index (χ1n) is 4.72. The standard InChI is InChI=1S/C10H17N3/c1-2-9-4-3-6-13-10(9)8-12-7-5-11/h3-4,6,12H,2,5,7-8,11H2,1H3. The van der Waals surface area contributed by atoms with Crippen LogP contribution in [0.4, 0.5) is 0 Å². The molecule has 0 aliphatic carbocycles. The van der Waals surface area contributed by atoms with Crippen molar-refractivity contribution in [1.82, 2.24) is 10.3 Å². The lowest BCUT2D eigenvalue weighted by Gasteiger charge is -2.06. The van der Waals surface area contributed by atoms with Crippen molar-refractivity contribution in [1.29, 1.82) is 0 Å². The summed E-state index contributed by atoms with van der Waals surface area (Å²) in [6.07, 6.45) is 2.87. The molecular formula is C10H17N3. The summed E-state index contributed by atoms with van der Waals surface area (Å²) < 4.78 is 0. The molecule has 0 radical (unpaired) electrons. The molecule has 0 spiro atoms. The van der Waals surface area contributed by atoms with Gasteiger partial charge in [-0.05, 0) is 18.1 Å². The zero-order chi connectivity index (χ0) is 9.52. The Bertz CT molecular complexity index is 248. The Hall–Kier alpha value is -0.930. The molecule has 0 atom stereocenters. The molecular weight excluding hydrogens is 162 g/mol. The second-order valence-corrected chi connectivity index (χ2v) is 2.93. The van der Waals surface area contributed by atoms with E-state index in [-0.39, 0.29) is 0 Å². The Kier molecular flexibility index (Phi) is 4.43. The SMILES string of the molecule is CCc1cccnc1CNCCN. The van der Waals surface area contributed by atoms with Crippen LogP contribution in [0.5, 0.6) is 0 Å². The molecule has 0 aliphatic rings. The van der Waals surface area contributed by atoms with Crippen LogP contribution in [0.1, 0.15) is 18.2 Å².